The molecule has 2 heterocycles. The topological polar surface area (TPSA) is 40.6 Å². The lowest BCUT2D eigenvalue weighted by atomic mass is 10.0. The van der Waals surface area contributed by atoms with Crippen LogP contribution < -0.4 is 0 Å². The first-order chi connectivity index (χ1) is 9.06. The molecule has 4 nitrogen and oxygen atoms in total. The van der Waals surface area contributed by atoms with Crippen molar-refractivity contribution in [3.05, 3.63) is 35.1 Å². The van der Waals surface area contributed by atoms with Crippen LogP contribution in [0.1, 0.15) is 24.0 Å². The number of likely N-dealkylation sites (tertiary alicyclic amines) is 1. The second-order valence-corrected chi connectivity index (χ2v) is 5.16. The van der Waals surface area contributed by atoms with Gasteiger partial charge in [-0.25, -0.2) is 4.39 Å². The fourth-order valence-corrected chi connectivity index (χ4v) is 2.85. The fourth-order valence-electron chi connectivity index (χ4n) is 2.85. The van der Waals surface area contributed by atoms with E-state index >= 15 is 0 Å². The lowest BCUT2D eigenvalue weighted by Gasteiger charge is -2.33. The van der Waals surface area contributed by atoms with Gasteiger partial charge in [0.2, 0.25) is 11.8 Å². The zero-order chi connectivity index (χ0) is 13.6. The van der Waals surface area contributed by atoms with Gasteiger partial charge in [-0.1, -0.05) is 6.07 Å². The third kappa shape index (κ3) is 2.04. The summed E-state index contributed by atoms with van der Waals surface area (Å²) in [4.78, 5) is 26.8. The lowest BCUT2D eigenvalue weighted by Crippen LogP contribution is -2.51. The molecular formula is C14H15FN2O2. The maximum absolute atomic E-state index is 13.2. The SMILES string of the molecule is CN1C(=O)CCC(N2Cc3ccc(F)cc3C2)C1=O. The van der Waals surface area contributed by atoms with Gasteiger partial charge in [0.25, 0.3) is 0 Å². The molecule has 1 saturated heterocycles. The van der Waals surface area contributed by atoms with Gasteiger partial charge in [-0.3, -0.25) is 19.4 Å². The first-order valence-electron chi connectivity index (χ1n) is 6.38. The van der Waals surface area contributed by atoms with Crippen LogP contribution in [0.2, 0.25) is 0 Å². The quantitative estimate of drug-likeness (QED) is 0.716. The van der Waals surface area contributed by atoms with E-state index in [0.717, 1.165) is 11.1 Å². The van der Waals surface area contributed by atoms with Gasteiger partial charge in [0.1, 0.15) is 5.82 Å². The predicted molar refractivity (Wildman–Crippen MR) is 66.4 cm³/mol. The zero-order valence-electron chi connectivity index (χ0n) is 10.7. The molecule has 1 aromatic rings. The standard InChI is InChI=1S/C14H15FN2O2/c1-16-13(18)5-4-12(14(16)19)17-7-9-2-3-11(15)6-10(9)8-17/h2-3,6,12H,4-5,7-8H2,1H3. The Hall–Kier alpha value is -1.75. The van der Waals surface area contributed by atoms with Gasteiger partial charge in [-0.2, -0.15) is 0 Å². The summed E-state index contributed by atoms with van der Waals surface area (Å²) in [5.74, 6) is -0.517. The van der Waals surface area contributed by atoms with E-state index in [9.17, 15) is 14.0 Å². The number of piperidine rings is 1. The maximum Gasteiger partial charge on any atom is 0.246 e. The maximum atomic E-state index is 13.2. The number of amides is 2. The highest BCUT2D eigenvalue weighted by Gasteiger charge is 2.37. The first kappa shape index (κ1) is 12.3. The largest absolute Gasteiger partial charge is 0.284 e. The summed E-state index contributed by atoms with van der Waals surface area (Å²) in [5.41, 5.74) is 2.00. The van der Waals surface area contributed by atoms with Crippen LogP contribution in [0, 0.1) is 5.82 Å². The van der Waals surface area contributed by atoms with Crippen molar-refractivity contribution in [2.75, 3.05) is 7.05 Å². The molecule has 5 heteroatoms. The summed E-state index contributed by atoms with van der Waals surface area (Å²) in [5, 5.41) is 0. The number of nitrogens with zero attached hydrogens (tertiary/aromatic N) is 2. The Bertz CT molecular complexity index is 558. The highest BCUT2D eigenvalue weighted by Crippen LogP contribution is 2.28. The van der Waals surface area contributed by atoms with Crippen LogP contribution >= 0.6 is 0 Å². The lowest BCUT2D eigenvalue weighted by molar-refractivity contribution is -0.151. The number of benzene rings is 1. The molecular weight excluding hydrogens is 247 g/mol. The molecule has 0 spiro atoms. The molecule has 1 fully saturated rings. The Morgan fingerprint density at radius 3 is 2.74 bits per heavy atom. The van der Waals surface area contributed by atoms with Crippen LogP contribution in [0.4, 0.5) is 4.39 Å². The molecule has 19 heavy (non-hydrogen) atoms. The van der Waals surface area contributed by atoms with Gasteiger partial charge in [0.05, 0.1) is 6.04 Å². The summed E-state index contributed by atoms with van der Waals surface area (Å²) in [7, 11) is 1.53. The van der Waals surface area contributed by atoms with E-state index in [1.165, 1.54) is 24.1 Å². The van der Waals surface area contributed by atoms with Crippen molar-refractivity contribution >= 4 is 11.8 Å². The molecule has 0 radical (unpaired) electrons. The van der Waals surface area contributed by atoms with Crippen LogP contribution in [0.5, 0.6) is 0 Å². The fraction of sp³-hybridized carbons (Fsp3) is 0.429. The van der Waals surface area contributed by atoms with E-state index < -0.39 is 0 Å². The van der Waals surface area contributed by atoms with E-state index in [4.69, 9.17) is 0 Å². The van der Waals surface area contributed by atoms with Crippen molar-refractivity contribution in [3.63, 3.8) is 0 Å². The van der Waals surface area contributed by atoms with Gasteiger partial charge in [-0.15, -0.1) is 0 Å². The molecule has 2 aliphatic rings. The van der Waals surface area contributed by atoms with Crippen molar-refractivity contribution in [2.45, 2.75) is 32.0 Å². The molecule has 1 atom stereocenters. The Kier molecular flexibility index (Phi) is 2.86. The highest BCUT2D eigenvalue weighted by atomic mass is 19.1. The van der Waals surface area contributed by atoms with Crippen LogP contribution in [0.3, 0.4) is 0 Å². The minimum atomic E-state index is -0.266. The van der Waals surface area contributed by atoms with E-state index in [2.05, 4.69) is 0 Å². The number of carbonyl (C=O) groups excluding carboxylic acids is 2. The highest BCUT2D eigenvalue weighted by molar-refractivity contribution is 6.00. The molecule has 2 amide bonds. The molecule has 2 aliphatic heterocycles. The summed E-state index contributed by atoms with van der Waals surface area (Å²) < 4.78 is 13.2. The van der Waals surface area contributed by atoms with E-state index in [1.807, 2.05) is 4.90 Å². The normalized spacial score (nSPS) is 23.9. The molecule has 0 aromatic heterocycles. The smallest absolute Gasteiger partial charge is 0.246 e. The summed E-state index contributed by atoms with van der Waals surface area (Å²) in [6.07, 6.45) is 0.951. The number of fused-ring (bicyclic) bond motifs is 1. The van der Waals surface area contributed by atoms with Gasteiger partial charge in [0, 0.05) is 26.6 Å². The predicted octanol–water partition coefficient (Wildman–Crippen LogP) is 1.29. The Morgan fingerprint density at radius 1 is 1.21 bits per heavy atom. The van der Waals surface area contributed by atoms with Gasteiger partial charge in [0.15, 0.2) is 0 Å². The van der Waals surface area contributed by atoms with E-state index in [0.29, 0.717) is 25.9 Å². The second-order valence-electron chi connectivity index (χ2n) is 5.16. The third-order valence-electron chi connectivity index (χ3n) is 3.98. The molecule has 0 aliphatic carbocycles. The first-order valence-corrected chi connectivity index (χ1v) is 6.38. The molecule has 1 unspecified atom stereocenters. The molecule has 0 saturated carbocycles. The summed E-state index contributed by atoms with van der Waals surface area (Å²) in [6.45, 7) is 1.22. The Labute approximate surface area is 110 Å². The van der Waals surface area contributed by atoms with Crippen molar-refractivity contribution < 1.29 is 14.0 Å². The number of carbonyl (C=O) groups is 2. The number of hydrogen-bond donors (Lipinski definition) is 0. The van der Waals surface area contributed by atoms with Crippen molar-refractivity contribution in [1.29, 1.82) is 0 Å². The molecule has 0 bridgehead atoms. The minimum absolute atomic E-state index is 0.121. The van der Waals surface area contributed by atoms with Crippen LogP contribution in [0.25, 0.3) is 0 Å². The van der Waals surface area contributed by atoms with Crippen molar-refractivity contribution in [2.24, 2.45) is 0 Å². The number of imide groups is 1. The molecule has 3 rings (SSSR count). The average Bonchev–Trinajstić information content (AvgIpc) is 2.78. The monoisotopic (exact) mass is 262 g/mol. The van der Waals surface area contributed by atoms with Gasteiger partial charge < -0.3 is 0 Å². The molecule has 1 aromatic carbocycles. The Morgan fingerprint density at radius 2 is 1.95 bits per heavy atom. The second kappa shape index (κ2) is 4.42. The van der Waals surface area contributed by atoms with Gasteiger partial charge in [-0.05, 0) is 29.7 Å². The summed E-state index contributed by atoms with van der Waals surface area (Å²) >= 11 is 0. The van der Waals surface area contributed by atoms with Crippen LogP contribution in [-0.2, 0) is 22.7 Å². The number of rotatable bonds is 1. The summed E-state index contributed by atoms with van der Waals surface area (Å²) in [6, 6.07) is 4.48. The van der Waals surface area contributed by atoms with Crippen molar-refractivity contribution in [3.8, 4) is 0 Å². The van der Waals surface area contributed by atoms with E-state index in [1.54, 1.807) is 6.07 Å². The van der Waals surface area contributed by atoms with Crippen molar-refractivity contribution in [1.82, 2.24) is 9.80 Å². The molecule has 0 N–H and O–H groups in total. The van der Waals surface area contributed by atoms with E-state index in [-0.39, 0.29) is 23.7 Å². The third-order valence-corrected chi connectivity index (χ3v) is 3.98. The average molecular weight is 262 g/mol. The number of likely N-dealkylation sites (N-methyl/N-ethyl adjacent to an activating group) is 1. The molecule has 100 valence electrons. The number of halogens is 1. The van der Waals surface area contributed by atoms with Crippen LogP contribution in [-0.4, -0.2) is 34.7 Å². The minimum Gasteiger partial charge on any atom is -0.284 e. The Balaban J connectivity index is 1.79. The van der Waals surface area contributed by atoms with Crippen LogP contribution in [0.15, 0.2) is 18.2 Å². The zero-order valence-corrected chi connectivity index (χ0v) is 10.7. The van der Waals surface area contributed by atoms with Gasteiger partial charge >= 0.3 is 0 Å². The number of hydrogen-bond acceptors (Lipinski definition) is 3.